The minimum atomic E-state index is -3.94. The molecule has 0 spiro atoms. The van der Waals surface area contributed by atoms with Crippen LogP contribution in [0.15, 0.2) is 35.1 Å². The zero-order valence-electron chi connectivity index (χ0n) is 18.3. The van der Waals surface area contributed by atoms with Gasteiger partial charge < -0.3 is 23.4 Å². The predicted octanol–water partition coefficient (Wildman–Crippen LogP) is 6.13. The molecule has 0 saturated carbocycles. The molecule has 1 aliphatic carbocycles. The first-order chi connectivity index (χ1) is 14.3. The highest BCUT2D eigenvalue weighted by atomic mass is 79.9. The van der Waals surface area contributed by atoms with E-state index in [1.807, 2.05) is 0 Å². The molecule has 0 aromatic heterocycles. The van der Waals surface area contributed by atoms with E-state index in [4.69, 9.17) is 18.1 Å². The Morgan fingerprint density at radius 3 is 1.93 bits per heavy atom. The number of hydrogen-bond acceptors (Lipinski definition) is 7. The molecule has 1 aliphatic heterocycles. The monoisotopic (exact) mass is 525 g/mol. The van der Waals surface area contributed by atoms with Gasteiger partial charge in [-0.2, -0.15) is 0 Å². The van der Waals surface area contributed by atoms with E-state index in [9.17, 15) is 9.13 Å². The molecule has 10 heteroatoms. The molecule has 0 saturated heterocycles. The van der Waals surface area contributed by atoms with Crippen molar-refractivity contribution in [1.29, 1.82) is 0 Å². The molecular weight excluding hydrogens is 492 g/mol. The Hall–Kier alpha value is -0.200. The SMILES string of the molecule is CCOP(=O)(OCC)C1(P(=O)(OCC)OCC)C=C2C=C(CCCCBr)CNC2=C1. The first kappa shape index (κ1) is 26.1. The second-order valence-corrected chi connectivity index (χ2v) is 12.6. The molecule has 0 aromatic carbocycles. The van der Waals surface area contributed by atoms with Crippen molar-refractivity contribution in [3.63, 3.8) is 0 Å². The van der Waals surface area contributed by atoms with Gasteiger partial charge in [-0.3, -0.25) is 9.13 Å². The largest absolute Gasteiger partial charge is 0.381 e. The Kier molecular flexibility index (Phi) is 10.1. The van der Waals surface area contributed by atoms with Crippen molar-refractivity contribution in [2.75, 3.05) is 38.3 Å². The lowest BCUT2D eigenvalue weighted by atomic mass is 10.0. The molecular formula is C20H34BrNO6P2. The van der Waals surface area contributed by atoms with E-state index in [-0.39, 0.29) is 26.4 Å². The van der Waals surface area contributed by atoms with E-state index in [2.05, 4.69) is 27.3 Å². The number of nitrogens with one attached hydrogen (secondary N) is 1. The predicted molar refractivity (Wildman–Crippen MR) is 124 cm³/mol. The molecule has 0 bridgehead atoms. The Labute approximate surface area is 188 Å². The Balaban J connectivity index is 2.61. The van der Waals surface area contributed by atoms with E-state index in [0.717, 1.165) is 35.9 Å². The van der Waals surface area contributed by atoms with Crippen molar-refractivity contribution in [2.45, 2.75) is 51.9 Å². The number of rotatable bonds is 14. The number of alkyl halides is 1. The van der Waals surface area contributed by atoms with Gasteiger partial charge >= 0.3 is 15.2 Å². The van der Waals surface area contributed by atoms with Crippen LogP contribution in [-0.2, 0) is 27.2 Å². The second kappa shape index (κ2) is 11.6. The van der Waals surface area contributed by atoms with Crippen LogP contribution in [-0.4, -0.2) is 43.2 Å². The van der Waals surface area contributed by atoms with E-state index < -0.39 is 20.1 Å². The average Bonchev–Trinajstić information content (AvgIpc) is 3.10. The normalized spacial score (nSPS) is 18.4. The van der Waals surface area contributed by atoms with Crippen molar-refractivity contribution < 1.29 is 27.2 Å². The van der Waals surface area contributed by atoms with Gasteiger partial charge in [-0.1, -0.05) is 27.6 Å². The minimum Gasteiger partial charge on any atom is -0.381 e. The second-order valence-electron chi connectivity index (χ2n) is 6.91. The van der Waals surface area contributed by atoms with Crippen LogP contribution in [0.1, 0.15) is 47.0 Å². The van der Waals surface area contributed by atoms with Crippen molar-refractivity contribution in [3.8, 4) is 0 Å². The molecule has 0 radical (unpaired) electrons. The highest BCUT2D eigenvalue weighted by Crippen LogP contribution is 2.80. The summed E-state index contributed by atoms with van der Waals surface area (Å²) >= 11 is 3.46. The van der Waals surface area contributed by atoms with Crippen LogP contribution in [0, 0.1) is 0 Å². The fourth-order valence-corrected chi connectivity index (χ4v) is 9.43. The number of hydrogen-bond donors (Lipinski definition) is 1. The lowest BCUT2D eigenvalue weighted by Gasteiger charge is -2.37. The highest BCUT2D eigenvalue weighted by molar-refractivity contribution is 9.09. The van der Waals surface area contributed by atoms with Gasteiger partial charge in [0.25, 0.3) is 0 Å². The fourth-order valence-electron chi connectivity index (χ4n) is 3.64. The zero-order chi connectivity index (χ0) is 22.3. The van der Waals surface area contributed by atoms with Crippen LogP contribution in [0.2, 0.25) is 0 Å². The zero-order valence-corrected chi connectivity index (χ0v) is 21.7. The quantitative estimate of drug-likeness (QED) is 0.166. The summed E-state index contributed by atoms with van der Waals surface area (Å²) in [5.41, 5.74) is 2.80. The van der Waals surface area contributed by atoms with Gasteiger partial charge in [0.15, 0.2) is 0 Å². The maximum Gasteiger partial charge on any atom is 0.356 e. The summed E-state index contributed by atoms with van der Waals surface area (Å²) in [5, 5.41) is 4.35. The lowest BCUT2D eigenvalue weighted by molar-refractivity contribution is 0.191. The van der Waals surface area contributed by atoms with Gasteiger partial charge in [-0.05, 0) is 64.7 Å². The molecule has 30 heavy (non-hydrogen) atoms. The average molecular weight is 526 g/mol. The van der Waals surface area contributed by atoms with E-state index in [1.165, 1.54) is 5.57 Å². The lowest BCUT2D eigenvalue weighted by Crippen LogP contribution is -2.29. The third-order valence-corrected chi connectivity index (χ3v) is 11.6. The van der Waals surface area contributed by atoms with Gasteiger partial charge in [-0.15, -0.1) is 0 Å². The topological polar surface area (TPSA) is 83.1 Å². The Morgan fingerprint density at radius 1 is 0.933 bits per heavy atom. The van der Waals surface area contributed by atoms with Crippen molar-refractivity contribution in [1.82, 2.24) is 5.32 Å². The van der Waals surface area contributed by atoms with Crippen LogP contribution in [0.3, 0.4) is 0 Å². The molecule has 0 fully saturated rings. The summed E-state index contributed by atoms with van der Waals surface area (Å²) in [6.45, 7) is 8.18. The smallest absolute Gasteiger partial charge is 0.356 e. The first-order valence-electron chi connectivity index (χ1n) is 10.6. The molecule has 0 amide bonds. The van der Waals surface area contributed by atoms with Crippen molar-refractivity contribution in [2.24, 2.45) is 0 Å². The molecule has 2 rings (SSSR count). The van der Waals surface area contributed by atoms with Crippen LogP contribution in [0.25, 0.3) is 0 Å². The van der Waals surface area contributed by atoms with Crippen LogP contribution >= 0.6 is 31.1 Å². The summed E-state index contributed by atoms with van der Waals surface area (Å²) in [5.74, 6) is 0. The maximum atomic E-state index is 14.1. The van der Waals surface area contributed by atoms with Crippen LogP contribution in [0.5, 0.6) is 0 Å². The maximum absolute atomic E-state index is 14.1. The number of fused-ring (bicyclic) bond motifs is 1. The molecule has 0 unspecified atom stereocenters. The van der Waals surface area contributed by atoms with Crippen LogP contribution < -0.4 is 5.32 Å². The van der Waals surface area contributed by atoms with Gasteiger partial charge in [0, 0.05) is 17.6 Å². The summed E-state index contributed by atoms with van der Waals surface area (Å²) < 4.78 is 50.8. The molecule has 7 nitrogen and oxygen atoms in total. The van der Waals surface area contributed by atoms with E-state index >= 15 is 0 Å². The molecule has 1 N–H and O–H groups in total. The molecule has 1 heterocycles. The van der Waals surface area contributed by atoms with E-state index in [0.29, 0.717) is 6.54 Å². The fraction of sp³-hybridized carbons (Fsp3) is 0.700. The number of unbranched alkanes of at least 4 members (excludes halogenated alkanes) is 1. The molecule has 0 atom stereocenters. The number of allylic oxidation sites excluding steroid dienone is 3. The standard InChI is InChI=1S/C20H34BrNO6P2/c1-5-25-29(23,26-6-2)20(30(24,27-7-3)28-8-4)14-18-13-17(11-9-10-12-21)16-22-19(18)15-20/h13-15,22H,5-12,16H2,1-4H3. The van der Waals surface area contributed by atoms with Gasteiger partial charge in [0.1, 0.15) is 0 Å². The van der Waals surface area contributed by atoms with Gasteiger partial charge in [0.2, 0.25) is 4.90 Å². The van der Waals surface area contributed by atoms with Gasteiger partial charge in [0.05, 0.1) is 26.4 Å². The minimum absolute atomic E-state index is 0.144. The van der Waals surface area contributed by atoms with Gasteiger partial charge in [-0.25, -0.2) is 0 Å². The van der Waals surface area contributed by atoms with E-state index in [1.54, 1.807) is 39.8 Å². The summed E-state index contributed by atoms with van der Waals surface area (Å²) in [6, 6.07) is 0. The van der Waals surface area contributed by atoms with Crippen molar-refractivity contribution in [3.05, 3.63) is 35.1 Å². The summed E-state index contributed by atoms with van der Waals surface area (Å²) in [4.78, 5) is -1.64. The first-order valence-corrected chi connectivity index (χ1v) is 14.8. The molecule has 0 aromatic rings. The highest BCUT2D eigenvalue weighted by Gasteiger charge is 2.65. The third kappa shape index (κ3) is 5.23. The van der Waals surface area contributed by atoms with Crippen LogP contribution in [0.4, 0.5) is 0 Å². The molecule has 172 valence electrons. The Bertz CT molecular complexity index is 729. The Morgan fingerprint density at radius 2 is 1.47 bits per heavy atom. The van der Waals surface area contributed by atoms with Crippen molar-refractivity contribution >= 4 is 31.1 Å². The third-order valence-electron chi connectivity index (χ3n) is 4.86. The molecule has 2 aliphatic rings. The summed E-state index contributed by atoms with van der Waals surface area (Å²) in [6.07, 6.45) is 8.57. The summed E-state index contributed by atoms with van der Waals surface area (Å²) in [7, 11) is -7.88. The number of halogens is 1.